The Morgan fingerprint density at radius 3 is 2.57 bits per heavy atom. The van der Waals surface area contributed by atoms with Crippen LogP contribution < -0.4 is 14.8 Å². The van der Waals surface area contributed by atoms with Gasteiger partial charge in [-0.2, -0.15) is 5.10 Å². The summed E-state index contributed by atoms with van der Waals surface area (Å²) in [4.78, 5) is 12.3. The Labute approximate surface area is 123 Å². The van der Waals surface area contributed by atoms with Crippen molar-refractivity contribution in [3.05, 3.63) is 35.5 Å². The van der Waals surface area contributed by atoms with Gasteiger partial charge in [-0.15, -0.1) is 0 Å². The zero-order chi connectivity index (χ0) is 15.4. The zero-order valence-electron chi connectivity index (χ0n) is 12.6. The monoisotopic (exact) mass is 289 g/mol. The standard InChI is InChI=1S/C15H19N3O3/c1-9(2)12-8-14(18-17-12)16-15(19)11-7-10(20-3)5-6-13(11)21-4/h5-9H,1-4H3,(H2,16,17,18,19). The van der Waals surface area contributed by atoms with E-state index in [4.69, 9.17) is 9.47 Å². The number of rotatable bonds is 5. The van der Waals surface area contributed by atoms with Crippen LogP contribution in [0.5, 0.6) is 11.5 Å². The first-order valence-electron chi connectivity index (χ1n) is 6.63. The predicted octanol–water partition coefficient (Wildman–Crippen LogP) is 2.80. The highest BCUT2D eigenvalue weighted by molar-refractivity contribution is 6.06. The van der Waals surface area contributed by atoms with Crippen LogP contribution in [0.1, 0.15) is 35.8 Å². The van der Waals surface area contributed by atoms with Crippen molar-refractivity contribution in [2.24, 2.45) is 0 Å². The minimum atomic E-state index is -0.299. The fourth-order valence-electron chi connectivity index (χ4n) is 1.87. The molecule has 0 aliphatic heterocycles. The van der Waals surface area contributed by atoms with Crippen LogP contribution in [0, 0.1) is 0 Å². The third kappa shape index (κ3) is 3.34. The highest BCUT2D eigenvalue weighted by Crippen LogP contribution is 2.25. The van der Waals surface area contributed by atoms with Gasteiger partial charge in [-0.3, -0.25) is 9.89 Å². The van der Waals surface area contributed by atoms with Crippen LogP contribution >= 0.6 is 0 Å². The summed E-state index contributed by atoms with van der Waals surface area (Å²) in [6.45, 7) is 4.09. The van der Waals surface area contributed by atoms with Crippen LogP contribution in [-0.4, -0.2) is 30.3 Å². The summed E-state index contributed by atoms with van der Waals surface area (Å²) in [5.74, 6) is 1.56. The van der Waals surface area contributed by atoms with E-state index in [1.807, 2.05) is 19.9 Å². The van der Waals surface area contributed by atoms with E-state index < -0.39 is 0 Å². The Hall–Kier alpha value is -2.50. The lowest BCUT2D eigenvalue weighted by atomic mass is 10.1. The van der Waals surface area contributed by atoms with Crippen molar-refractivity contribution in [3.63, 3.8) is 0 Å². The van der Waals surface area contributed by atoms with Gasteiger partial charge in [0.2, 0.25) is 0 Å². The van der Waals surface area contributed by atoms with Crippen molar-refractivity contribution in [2.75, 3.05) is 19.5 Å². The lowest BCUT2D eigenvalue weighted by Crippen LogP contribution is -2.13. The number of methoxy groups -OCH3 is 2. The molecular weight excluding hydrogens is 270 g/mol. The minimum Gasteiger partial charge on any atom is -0.497 e. The molecule has 0 spiro atoms. The summed E-state index contributed by atoms with van der Waals surface area (Å²) in [5, 5.41) is 9.71. The lowest BCUT2D eigenvalue weighted by Gasteiger charge is -2.09. The van der Waals surface area contributed by atoms with Crippen LogP contribution in [0.15, 0.2) is 24.3 Å². The van der Waals surface area contributed by atoms with Gasteiger partial charge in [0.05, 0.1) is 19.8 Å². The van der Waals surface area contributed by atoms with Gasteiger partial charge in [0, 0.05) is 11.8 Å². The predicted molar refractivity (Wildman–Crippen MR) is 80.2 cm³/mol. The molecule has 6 heteroatoms. The molecule has 2 aromatic rings. The number of carbonyl (C=O) groups excluding carboxylic acids is 1. The van der Waals surface area contributed by atoms with Gasteiger partial charge >= 0.3 is 0 Å². The van der Waals surface area contributed by atoms with E-state index >= 15 is 0 Å². The molecule has 6 nitrogen and oxygen atoms in total. The Bertz CT molecular complexity index is 635. The lowest BCUT2D eigenvalue weighted by molar-refractivity contribution is 0.102. The molecule has 0 fully saturated rings. The number of aromatic nitrogens is 2. The average Bonchev–Trinajstić information content (AvgIpc) is 2.95. The molecule has 0 aliphatic carbocycles. The van der Waals surface area contributed by atoms with Crippen LogP contribution in [0.4, 0.5) is 5.82 Å². The number of benzene rings is 1. The number of nitrogens with one attached hydrogen (secondary N) is 2. The second-order valence-corrected chi connectivity index (χ2v) is 4.88. The maximum atomic E-state index is 12.3. The Morgan fingerprint density at radius 2 is 2.00 bits per heavy atom. The summed E-state index contributed by atoms with van der Waals surface area (Å²) in [5.41, 5.74) is 1.36. The molecule has 0 aliphatic rings. The highest BCUT2D eigenvalue weighted by Gasteiger charge is 2.15. The highest BCUT2D eigenvalue weighted by atomic mass is 16.5. The number of amides is 1. The molecule has 21 heavy (non-hydrogen) atoms. The first-order valence-corrected chi connectivity index (χ1v) is 6.63. The Kier molecular flexibility index (Phi) is 4.47. The summed E-state index contributed by atoms with van der Waals surface area (Å²) in [6, 6.07) is 6.87. The van der Waals surface area contributed by atoms with E-state index in [2.05, 4.69) is 15.5 Å². The molecule has 2 N–H and O–H groups in total. The number of ether oxygens (including phenoxy) is 2. The third-order valence-electron chi connectivity index (χ3n) is 3.11. The molecule has 1 aromatic carbocycles. The Balaban J connectivity index is 2.22. The van der Waals surface area contributed by atoms with Crippen molar-refractivity contribution in [1.82, 2.24) is 10.2 Å². The minimum absolute atomic E-state index is 0.299. The SMILES string of the molecule is COc1ccc(OC)c(C(=O)Nc2cc(C(C)C)[nH]n2)c1. The van der Waals surface area contributed by atoms with Gasteiger partial charge in [-0.1, -0.05) is 13.8 Å². The number of H-pyrrole nitrogens is 1. The first-order chi connectivity index (χ1) is 10.0. The zero-order valence-corrected chi connectivity index (χ0v) is 12.6. The summed E-state index contributed by atoms with van der Waals surface area (Å²) in [7, 11) is 3.07. The van der Waals surface area contributed by atoms with Crippen molar-refractivity contribution in [3.8, 4) is 11.5 Å². The van der Waals surface area contributed by atoms with Crippen molar-refractivity contribution in [1.29, 1.82) is 0 Å². The molecule has 0 bridgehead atoms. The molecule has 1 aromatic heterocycles. The quantitative estimate of drug-likeness (QED) is 0.887. The molecule has 0 saturated carbocycles. The number of anilines is 1. The van der Waals surface area contributed by atoms with Gasteiger partial charge in [0.1, 0.15) is 11.5 Å². The van der Waals surface area contributed by atoms with Crippen LogP contribution in [0.2, 0.25) is 0 Å². The Morgan fingerprint density at radius 1 is 1.24 bits per heavy atom. The van der Waals surface area contributed by atoms with E-state index in [9.17, 15) is 4.79 Å². The summed E-state index contributed by atoms with van der Waals surface area (Å²) in [6.07, 6.45) is 0. The molecular formula is C15H19N3O3. The molecule has 0 atom stereocenters. The molecule has 0 unspecified atom stereocenters. The van der Waals surface area contributed by atoms with E-state index in [1.165, 1.54) is 7.11 Å². The number of nitrogens with zero attached hydrogens (tertiary/aromatic N) is 1. The van der Waals surface area contributed by atoms with Gasteiger partial charge in [0.15, 0.2) is 5.82 Å². The van der Waals surface area contributed by atoms with Crippen LogP contribution in [0.25, 0.3) is 0 Å². The van der Waals surface area contributed by atoms with Gasteiger partial charge in [0.25, 0.3) is 5.91 Å². The van der Waals surface area contributed by atoms with E-state index in [0.29, 0.717) is 28.8 Å². The first kappa shape index (κ1) is 14.9. The number of hydrogen-bond donors (Lipinski definition) is 2. The summed E-state index contributed by atoms with van der Waals surface area (Å²) < 4.78 is 10.3. The molecule has 112 valence electrons. The van der Waals surface area contributed by atoms with Crippen molar-refractivity contribution < 1.29 is 14.3 Å². The van der Waals surface area contributed by atoms with Gasteiger partial charge in [-0.25, -0.2) is 0 Å². The number of hydrogen-bond acceptors (Lipinski definition) is 4. The van der Waals surface area contributed by atoms with E-state index in [-0.39, 0.29) is 5.91 Å². The maximum absolute atomic E-state index is 12.3. The van der Waals surface area contributed by atoms with Gasteiger partial charge < -0.3 is 14.8 Å². The smallest absolute Gasteiger partial charge is 0.260 e. The van der Waals surface area contributed by atoms with Crippen molar-refractivity contribution in [2.45, 2.75) is 19.8 Å². The largest absolute Gasteiger partial charge is 0.497 e. The normalized spacial score (nSPS) is 10.5. The number of aromatic amines is 1. The van der Waals surface area contributed by atoms with Crippen LogP contribution in [0.3, 0.4) is 0 Å². The second kappa shape index (κ2) is 6.30. The molecule has 2 rings (SSSR count). The summed E-state index contributed by atoms with van der Waals surface area (Å²) >= 11 is 0. The van der Waals surface area contributed by atoms with Crippen molar-refractivity contribution >= 4 is 11.7 Å². The molecule has 1 amide bonds. The van der Waals surface area contributed by atoms with Crippen LogP contribution in [-0.2, 0) is 0 Å². The average molecular weight is 289 g/mol. The third-order valence-corrected chi connectivity index (χ3v) is 3.11. The maximum Gasteiger partial charge on any atom is 0.260 e. The van der Waals surface area contributed by atoms with E-state index in [0.717, 1.165) is 5.69 Å². The van der Waals surface area contributed by atoms with E-state index in [1.54, 1.807) is 25.3 Å². The topological polar surface area (TPSA) is 76.2 Å². The molecule has 0 radical (unpaired) electrons. The van der Waals surface area contributed by atoms with Gasteiger partial charge in [-0.05, 0) is 24.1 Å². The second-order valence-electron chi connectivity index (χ2n) is 4.88. The number of carbonyl (C=O) groups is 1. The fourth-order valence-corrected chi connectivity index (χ4v) is 1.87. The fraction of sp³-hybridized carbons (Fsp3) is 0.333. The molecule has 1 heterocycles. The molecule has 0 saturated heterocycles.